The van der Waals surface area contributed by atoms with Crippen LogP contribution in [0.5, 0.6) is 0 Å². The second-order valence-corrected chi connectivity index (χ2v) is 4.81. The third kappa shape index (κ3) is 2.11. The predicted octanol–water partition coefficient (Wildman–Crippen LogP) is 2.41. The average Bonchev–Trinajstić information content (AvgIpc) is 2.53. The van der Waals surface area contributed by atoms with Crippen LogP contribution in [0.3, 0.4) is 0 Å². The molecule has 24 heavy (non-hydrogen) atoms. The first-order valence-corrected chi connectivity index (χ1v) is 6.37. The molecule has 0 atom stereocenters. The Bertz CT molecular complexity index is 1120. The molecule has 0 aliphatic heterocycles. The van der Waals surface area contributed by atoms with Crippen molar-refractivity contribution in [1.82, 2.24) is 4.98 Å². The lowest BCUT2D eigenvalue weighted by Gasteiger charge is -2.04. The van der Waals surface area contributed by atoms with E-state index in [0.717, 1.165) is 12.1 Å². The number of rotatable bonds is 3. The number of benzene rings is 2. The number of aromatic amines is 1. The molecule has 120 valence electrons. The van der Waals surface area contributed by atoms with E-state index in [2.05, 4.69) is 4.98 Å². The van der Waals surface area contributed by atoms with E-state index in [1.165, 1.54) is 12.1 Å². The summed E-state index contributed by atoms with van der Waals surface area (Å²) in [6.07, 6.45) is 0. The predicted molar refractivity (Wildman–Crippen MR) is 82.0 cm³/mol. The first-order valence-electron chi connectivity index (χ1n) is 6.37. The Hall–Kier alpha value is -3.89. The molecule has 3 aromatic rings. The zero-order valence-electron chi connectivity index (χ0n) is 11.6. The number of aromatic nitrogens is 1. The highest BCUT2D eigenvalue weighted by atomic mass is 16.6. The quantitative estimate of drug-likeness (QED) is 0.437. The Morgan fingerprint density at radius 2 is 1.42 bits per heavy atom. The van der Waals surface area contributed by atoms with Crippen molar-refractivity contribution in [2.75, 3.05) is 0 Å². The molecule has 0 fully saturated rings. The average molecular weight is 330 g/mol. The van der Waals surface area contributed by atoms with E-state index >= 15 is 0 Å². The maximum Gasteiger partial charge on any atom is 0.300 e. The SMILES string of the molecule is O=c1c2cccc([N+](=O)[O-])c2[nH]c2c([N+](=O)[O-])cc([N+](=O)[O-])cc12. The molecule has 3 rings (SSSR count). The van der Waals surface area contributed by atoms with E-state index < -0.39 is 37.3 Å². The Kier molecular flexibility index (Phi) is 3.18. The summed E-state index contributed by atoms with van der Waals surface area (Å²) >= 11 is 0. The van der Waals surface area contributed by atoms with Crippen molar-refractivity contribution in [1.29, 1.82) is 0 Å². The fourth-order valence-electron chi connectivity index (χ4n) is 2.45. The van der Waals surface area contributed by atoms with Crippen molar-refractivity contribution in [3.8, 4) is 0 Å². The Balaban J connectivity index is 2.60. The minimum Gasteiger partial charge on any atom is -0.343 e. The van der Waals surface area contributed by atoms with Crippen LogP contribution in [-0.2, 0) is 0 Å². The van der Waals surface area contributed by atoms with E-state index in [1.54, 1.807) is 0 Å². The molecule has 0 bridgehead atoms. The molecule has 0 unspecified atom stereocenters. The van der Waals surface area contributed by atoms with Crippen LogP contribution in [0.4, 0.5) is 17.1 Å². The van der Waals surface area contributed by atoms with Gasteiger partial charge < -0.3 is 4.98 Å². The highest BCUT2D eigenvalue weighted by Gasteiger charge is 2.24. The van der Waals surface area contributed by atoms with Gasteiger partial charge in [-0.05, 0) is 6.07 Å². The molecule has 0 saturated heterocycles. The first-order chi connectivity index (χ1) is 11.3. The topological polar surface area (TPSA) is 162 Å². The lowest BCUT2D eigenvalue weighted by Crippen LogP contribution is -2.08. The number of hydrogen-bond donors (Lipinski definition) is 1. The summed E-state index contributed by atoms with van der Waals surface area (Å²) in [6.45, 7) is 0. The van der Waals surface area contributed by atoms with E-state index in [4.69, 9.17) is 0 Å². The van der Waals surface area contributed by atoms with Crippen LogP contribution < -0.4 is 5.43 Å². The molecule has 0 spiro atoms. The normalized spacial score (nSPS) is 10.8. The van der Waals surface area contributed by atoms with Gasteiger partial charge in [0.25, 0.3) is 17.1 Å². The Labute approximate surface area is 130 Å². The maximum atomic E-state index is 12.5. The number of nitro groups is 3. The van der Waals surface area contributed by atoms with Crippen LogP contribution in [0, 0.1) is 30.3 Å². The summed E-state index contributed by atoms with van der Waals surface area (Å²) in [5.41, 5.74) is -3.02. The molecule has 11 nitrogen and oxygen atoms in total. The number of nitro benzene ring substituents is 3. The largest absolute Gasteiger partial charge is 0.343 e. The summed E-state index contributed by atoms with van der Waals surface area (Å²) in [6, 6.07) is 5.32. The standard InChI is InChI=1S/C13H6N4O7/c18-13-7-2-1-3-9(16(21)22)11(7)14-12-8(13)4-6(15(19)20)5-10(12)17(23)24/h1-5H,(H,14,18). The van der Waals surface area contributed by atoms with Crippen molar-refractivity contribution < 1.29 is 14.8 Å². The number of nitrogens with zero attached hydrogens (tertiary/aromatic N) is 3. The van der Waals surface area contributed by atoms with Crippen LogP contribution in [0.25, 0.3) is 21.8 Å². The second kappa shape index (κ2) is 5.08. The van der Waals surface area contributed by atoms with Crippen LogP contribution >= 0.6 is 0 Å². The van der Waals surface area contributed by atoms with Gasteiger partial charge in [0.1, 0.15) is 11.0 Å². The Morgan fingerprint density at radius 3 is 2.00 bits per heavy atom. The number of nitrogens with one attached hydrogen (secondary N) is 1. The first kappa shape index (κ1) is 15.0. The van der Waals surface area contributed by atoms with Gasteiger partial charge in [-0.25, -0.2) is 0 Å². The third-order valence-electron chi connectivity index (χ3n) is 3.49. The van der Waals surface area contributed by atoms with Crippen LogP contribution in [0.2, 0.25) is 0 Å². The van der Waals surface area contributed by atoms with Gasteiger partial charge in [-0.3, -0.25) is 35.1 Å². The number of H-pyrrole nitrogens is 1. The maximum absolute atomic E-state index is 12.5. The van der Waals surface area contributed by atoms with Gasteiger partial charge in [-0.1, -0.05) is 6.07 Å². The molecule has 2 aromatic carbocycles. The van der Waals surface area contributed by atoms with Gasteiger partial charge in [0, 0.05) is 12.1 Å². The molecule has 1 heterocycles. The monoisotopic (exact) mass is 330 g/mol. The third-order valence-corrected chi connectivity index (χ3v) is 3.49. The Morgan fingerprint density at radius 1 is 0.792 bits per heavy atom. The van der Waals surface area contributed by atoms with Gasteiger partial charge in [0.15, 0.2) is 5.43 Å². The molecule has 0 radical (unpaired) electrons. The van der Waals surface area contributed by atoms with Crippen LogP contribution in [-0.4, -0.2) is 19.8 Å². The van der Waals surface area contributed by atoms with Gasteiger partial charge in [0.2, 0.25) is 0 Å². The zero-order valence-corrected chi connectivity index (χ0v) is 11.6. The van der Waals surface area contributed by atoms with Crippen molar-refractivity contribution >= 4 is 38.9 Å². The summed E-state index contributed by atoms with van der Waals surface area (Å²) in [5, 5.41) is 32.8. The highest BCUT2D eigenvalue weighted by molar-refractivity contribution is 6.00. The summed E-state index contributed by atoms with van der Waals surface area (Å²) in [7, 11) is 0. The van der Waals surface area contributed by atoms with Crippen molar-refractivity contribution in [2.45, 2.75) is 0 Å². The van der Waals surface area contributed by atoms with E-state index in [9.17, 15) is 35.1 Å². The second-order valence-electron chi connectivity index (χ2n) is 4.81. The van der Waals surface area contributed by atoms with Gasteiger partial charge in [-0.2, -0.15) is 0 Å². The van der Waals surface area contributed by atoms with E-state index in [-0.39, 0.29) is 21.8 Å². The zero-order chi connectivity index (χ0) is 17.6. The molecule has 0 saturated carbocycles. The molecule has 11 heteroatoms. The number of para-hydroxylation sites is 1. The van der Waals surface area contributed by atoms with Gasteiger partial charge in [0.05, 0.1) is 31.6 Å². The lowest BCUT2D eigenvalue weighted by molar-refractivity contribution is -0.393. The number of pyridine rings is 1. The minimum absolute atomic E-state index is 0.0912. The van der Waals surface area contributed by atoms with Crippen molar-refractivity contribution in [3.63, 3.8) is 0 Å². The minimum atomic E-state index is -0.897. The van der Waals surface area contributed by atoms with Crippen LogP contribution in [0.15, 0.2) is 35.1 Å². The number of non-ortho nitro benzene ring substituents is 3. The molecular formula is C13H6N4O7. The molecule has 1 aromatic heterocycles. The van der Waals surface area contributed by atoms with E-state index in [1.807, 2.05) is 0 Å². The molecular weight excluding hydrogens is 324 g/mol. The fraction of sp³-hybridized carbons (Fsp3) is 0. The highest BCUT2D eigenvalue weighted by Crippen LogP contribution is 2.31. The van der Waals surface area contributed by atoms with Gasteiger partial charge in [-0.15, -0.1) is 0 Å². The molecule has 0 aliphatic carbocycles. The van der Waals surface area contributed by atoms with Crippen molar-refractivity contribution in [2.24, 2.45) is 0 Å². The fourth-order valence-corrected chi connectivity index (χ4v) is 2.45. The molecule has 0 amide bonds. The van der Waals surface area contributed by atoms with Crippen molar-refractivity contribution in [3.05, 3.63) is 70.9 Å². The lowest BCUT2D eigenvalue weighted by atomic mass is 10.1. The van der Waals surface area contributed by atoms with Crippen LogP contribution in [0.1, 0.15) is 0 Å². The number of fused-ring (bicyclic) bond motifs is 2. The summed E-state index contributed by atoms with van der Waals surface area (Å²) < 4.78 is 0. The summed E-state index contributed by atoms with van der Waals surface area (Å²) in [5.74, 6) is 0. The molecule has 1 N–H and O–H groups in total. The number of hydrogen-bond acceptors (Lipinski definition) is 7. The van der Waals surface area contributed by atoms with Gasteiger partial charge >= 0.3 is 0 Å². The van der Waals surface area contributed by atoms with E-state index in [0.29, 0.717) is 6.07 Å². The molecule has 0 aliphatic rings. The summed E-state index contributed by atoms with van der Waals surface area (Å²) in [4.78, 5) is 45.7. The smallest absolute Gasteiger partial charge is 0.300 e.